The summed E-state index contributed by atoms with van der Waals surface area (Å²) in [5.41, 5.74) is -0.908. The number of amides is 1. The summed E-state index contributed by atoms with van der Waals surface area (Å²) in [7, 11) is 1.34. The molecule has 4 nitrogen and oxygen atoms in total. The highest BCUT2D eigenvalue weighted by atomic mass is 79.9. The van der Waals surface area contributed by atoms with E-state index >= 15 is 0 Å². The molecule has 0 spiro atoms. The topological polar surface area (TPSA) is 46.9 Å². The van der Waals surface area contributed by atoms with Gasteiger partial charge in [-0.05, 0) is 18.6 Å². The molecule has 0 saturated heterocycles. The second-order valence-electron chi connectivity index (χ2n) is 4.78. The van der Waals surface area contributed by atoms with Gasteiger partial charge in [0.1, 0.15) is 0 Å². The van der Waals surface area contributed by atoms with Gasteiger partial charge in [0.05, 0.1) is 11.6 Å². The van der Waals surface area contributed by atoms with Crippen molar-refractivity contribution in [2.24, 2.45) is 7.05 Å². The number of rotatable bonds is 3. The molecular weight excluding hydrogens is 363 g/mol. The Kier molecular flexibility index (Phi) is 4.60. The molecule has 0 fully saturated rings. The molecule has 1 aromatic heterocycles. The van der Waals surface area contributed by atoms with Crippen molar-refractivity contribution in [3.05, 3.63) is 51.8 Å². The zero-order valence-electron chi connectivity index (χ0n) is 11.8. The van der Waals surface area contributed by atoms with Crippen molar-refractivity contribution >= 4 is 21.8 Å². The van der Waals surface area contributed by atoms with Crippen LogP contribution in [0.25, 0.3) is 0 Å². The lowest BCUT2D eigenvalue weighted by molar-refractivity contribution is -0.141. The van der Waals surface area contributed by atoms with Crippen LogP contribution in [-0.4, -0.2) is 15.7 Å². The van der Waals surface area contributed by atoms with Crippen LogP contribution in [0.4, 0.5) is 13.2 Å². The first-order chi connectivity index (χ1) is 10.2. The maximum absolute atomic E-state index is 12.9. The molecule has 2 rings (SSSR count). The van der Waals surface area contributed by atoms with Gasteiger partial charge in [0, 0.05) is 17.7 Å². The van der Waals surface area contributed by atoms with Gasteiger partial charge in [0.2, 0.25) is 0 Å². The highest BCUT2D eigenvalue weighted by molar-refractivity contribution is 9.10. The third kappa shape index (κ3) is 3.49. The van der Waals surface area contributed by atoms with Gasteiger partial charge in [0.25, 0.3) is 5.91 Å². The predicted octanol–water partition coefficient (Wildman–Crippen LogP) is 3.69. The molecule has 22 heavy (non-hydrogen) atoms. The number of carbonyl (C=O) groups excluding carboxylic acids is 1. The molecule has 0 aliphatic heterocycles. The summed E-state index contributed by atoms with van der Waals surface area (Å²) in [6.45, 7) is 1.70. The third-order valence-corrected chi connectivity index (χ3v) is 3.78. The lowest BCUT2D eigenvalue weighted by atomic mass is 10.1. The molecule has 0 saturated carbocycles. The molecule has 118 valence electrons. The van der Waals surface area contributed by atoms with Crippen LogP contribution in [0.2, 0.25) is 0 Å². The summed E-state index contributed by atoms with van der Waals surface area (Å²) < 4.78 is 40.4. The maximum atomic E-state index is 12.9. The molecule has 1 aromatic carbocycles. The van der Waals surface area contributed by atoms with E-state index in [1.54, 1.807) is 25.1 Å². The van der Waals surface area contributed by atoms with Crippen molar-refractivity contribution < 1.29 is 18.0 Å². The van der Waals surface area contributed by atoms with Gasteiger partial charge in [-0.15, -0.1) is 0 Å². The Labute approximate surface area is 133 Å². The Hall–Kier alpha value is -1.83. The van der Waals surface area contributed by atoms with Crippen LogP contribution in [0, 0.1) is 0 Å². The van der Waals surface area contributed by atoms with Gasteiger partial charge >= 0.3 is 6.18 Å². The van der Waals surface area contributed by atoms with E-state index in [1.165, 1.54) is 7.05 Å². The first kappa shape index (κ1) is 16.5. The highest BCUT2D eigenvalue weighted by Gasteiger charge is 2.39. The summed E-state index contributed by atoms with van der Waals surface area (Å²) in [6.07, 6.45) is -3.62. The largest absolute Gasteiger partial charge is 0.435 e. The highest BCUT2D eigenvalue weighted by Crippen LogP contribution is 2.31. The molecule has 1 heterocycles. The Morgan fingerprint density at radius 2 is 2.00 bits per heavy atom. The summed E-state index contributed by atoms with van der Waals surface area (Å²) in [5, 5.41) is 5.88. The number of carbonyl (C=O) groups is 1. The summed E-state index contributed by atoms with van der Waals surface area (Å²) >= 11 is 3.35. The number of hydrogen-bond donors (Lipinski definition) is 1. The fourth-order valence-corrected chi connectivity index (χ4v) is 2.67. The predicted molar refractivity (Wildman–Crippen MR) is 78.2 cm³/mol. The van der Waals surface area contributed by atoms with Crippen LogP contribution in [0.5, 0.6) is 0 Å². The molecule has 8 heteroatoms. The minimum Gasteiger partial charge on any atom is -0.345 e. The second-order valence-corrected chi connectivity index (χ2v) is 5.63. The van der Waals surface area contributed by atoms with Crippen LogP contribution in [0.1, 0.15) is 34.6 Å². The van der Waals surface area contributed by atoms with E-state index in [9.17, 15) is 18.0 Å². The quantitative estimate of drug-likeness (QED) is 0.888. The first-order valence-electron chi connectivity index (χ1n) is 6.36. The molecule has 2 aromatic rings. The number of alkyl halides is 3. The lowest BCUT2D eigenvalue weighted by Crippen LogP contribution is -2.28. The molecule has 0 aliphatic rings. The Morgan fingerprint density at radius 1 is 1.36 bits per heavy atom. The average Bonchev–Trinajstić information content (AvgIpc) is 2.81. The van der Waals surface area contributed by atoms with Crippen LogP contribution in [0.3, 0.4) is 0 Å². The molecule has 1 N–H and O–H groups in total. The van der Waals surface area contributed by atoms with Crippen molar-refractivity contribution in [1.82, 2.24) is 15.1 Å². The van der Waals surface area contributed by atoms with Crippen LogP contribution in [0.15, 0.2) is 34.9 Å². The second kappa shape index (κ2) is 6.12. The van der Waals surface area contributed by atoms with Gasteiger partial charge in [-0.25, -0.2) is 0 Å². The zero-order chi connectivity index (χ0) is 16.5. The summed E-state index contributed by atoms with van der Waals surface area (Å²) in [5.74, 6) is -0.816. The Morgan fingerprint density at radius 3 is 2.59 bits per heavy atom. The number of hydrogen-bond acceptors (Lipinski definition) is 2. The molecule has 0 radical (unpaired) electrons. The minimum absolute atomic E-state index is 0.454. The average molecular weight is 376 g/mol. The third-order valence-electron chi connectivity index (χ3n) is 3.06. The fraction of sp³-hybridized carbons (Fsp3) is 0.286. The summed E-state index contributed by atoms with van der Waals surface area (Å²) in [4.78, 5) is 12.1. The van der Waals surface area contributed by atoms with Gasteiger partial charge in [-0.1, -0.05) is 34.1 Å². The van der Waals surface area contributed by atoms with Crippen molar-refractivity contribution in [2.75, 3.05) is 0 Å². The van der Waals surface area contributed by atoms with E-state index in [0.29, 0.717) is 0 Å². The van der Waals surface area contributed by atoms with Crippen LogP contribution in [-0.2, 0) is 13.2 Å². The number of halogens is 4. The van der Waals surface area contributed by atoms with Crippen molar-refractivity contribution in [1.29, 1.82) is 0 Å². The Balaban J connectivity index is 2.25. The number of aryl methyl sites for hydroxylation is 1. The Bertz CT molecular complexity index is 697. The van der Waals surface area contributed by atoms with E-state index in [0.717, 1.165) is 20.9 Å². The van der Waals surface area contributed by atoms with E-state index in [-0.39, 0.29) is 0 Å². The SMILES string of the molecule is CC(NC(=O)c1cn(C)nc1C(F)(F)F)c1ccccc1Br. The molecule has 0 bridgehead atoms. The van der Waals surface area contributed by atoms with Crippen LogP contribution < -0.4 is 5.32 Å². The maximum Gasteiger partial charge on any atom is 0.435 e. The van der Waals surface area contributed by atoms with E-state index in [1.807, 2.05) is 6.07 Å². The van der Waals surface area contributed by atoms with E-state index in [2.05, 4.69) is 26.3 Å². The van der Waals surface area contributed by atoms with E-state index in [4.69, 9.17) is 0 Å². The van der Waals surface area contributed by atoms with Gasteiger partial charge in [-0.3, -0.25) is 9.48 Å². The molecule has 1 amide bonds. The number of nitrogens with zero attached hydrogens (tertiary/aromatic N) is 2. The number of benzene rings is 1. The molecule has 1 atom stereocenters. The normalized spacial score (nSPS) is 13.0. The van der Waals surface area contributed by atoms with E-state index < -0.39 is 29.4 Å². The first-order valence-corrected chi connectivity index (χ1v) is 7.15. The monoisotopic (exact) mass is 375 g/mol. The molecule has 1 unspecified atom stereocenters. The summed E-state index contributed by atoms with van der Waals surface area (Å²) in [6, 6.07) is 6.72. The smallest absolute Gasteiger partial charge is 0.345 e. The van der Waals surface area contributed by atoms with Crippen molar-refractivity contribution in [3.8, 4) is 0 Å². The lowest BCUT2D eigenvalue weighted by Gasteiger charge is -2.16. The van der Waals surface area contributed by atoms with Crippen LogP contribution >= 0.6 is 15.9 Å². The van der Waals surface area contributed by atoms with Gasteiger partial charge < -0.3 is 5.32 Å². The standard InChI is InChI=1S/C14H13BrF3N3O/c1-8(9-5-3-4-6-11(9)15)19-13(22)10-7-21(2)20-12(10)14(16,17)18/h3-8H,1-2H3,(H,19,22). The zero-order valence-corrected chi connectivity index (χ0v) is 13.4. The number of aromatic nitrogens is 2. The van der Waals surface area contributed by atoms with Crippen molar-refractivity contribution in [3.63, 3.8) is 0 Å². The number of nitrogens with one attached hydrogen (secondary N) is 1. The van der Waals surface area contributed by atoms with Gasteiger partial charge in [0.15, 0.2) is 5.69 Å². The molecular formula is C14H13BrF3N3O. The van der Waals surface area contributed by atoms with Crippen molar-refractivity contribution in [2.45, 2.75) is 19.1 Å². The minimum atomic E-state index is -4.68. The molecule has 0 aliphatic carbocycles. The van der Waals surface area contributed by atoms with Gasteiger partial charge in [-0.2, -0.15) is 18.3 Å². The fourth-order valence-electron chi connectivity index (χ4n) is 2.04.